The molecule has 1 heterocycles. The Balaban J connectivity index is 1.64. The Morgan fingerprint density at radius 2 is 1.97 bits per heavy atom. The normalized spacial score (nSPS) is 10.6. The van der Waals surface area contributed by atoms with Crippen LogP contribution in [0.4, 0.5) is 5.69 Å². The lowest BCUT2D eigenvalue weighted by atomic mass is 10.1. The summed E-state index contributed by atoms with van der Waals surface area (Å²) in [6.07, 6.45) is 1.78. The number of anilines is 1. The van der Waals surface area contributed by atoms with Gasteiger partial charge in [0.2, 0.25) is 5.91 Å². The van der Waals surface area contributed by atoms with E-state index in [1.165, 1.54) is 17.3 Å². The van der Waals surface area contributed by atoms with Gasteiger partial charge in [0.05, 0.1) is 5.75 Å². The van der Waals surface area contributed by atoms with Crippen molar-refractivity contribution in [1.82, 2.24) is 14.8 Å². The molecule has 30 heavy (non-hydrogen) atoms. The molecule has 0 saturated carbocycles. The Bertz CT molecular complexity index is 1050. The maximum atomic E-state index is 12.4. The van der Waals surface area contributed by atoms with E-state index in [2.05, 4.69) is 35.1 Å². The summed E-state index contributed by atoms with van der Waals surface area (Å²) >= 11 is 1.34. The summed E-state index contributed by atoms with van der Waals surface area (Å²) in [4.78, 5) is 12.4. The van der Waals surface area contributed by atoms with Gasteiger partial charge in [0.25, 0.3) is 0 Å². The summed E-state index contributed by atoms with van der Waals surface area (Å²) < 4.78 is 7.87. The van der Waals surface area contributed by atoms with Crippen LogP contribution in [0.1, 0.15) is 22.5 Å². The molecule has 1 N–H and O–H groups in total. The van der Waals surface area contributed by atoms with Crippen LogP contribution >= 0.6 is 11.8 Å². The van der Waals surface area contributed by atoms with Gasteiger partial charge in [-0.3, -0.25) is 9.36 Å². The van der Waals surface area contributed by atoms with Crippen molar-refractivity contribution in [2.24, 2.45) is 0 Å². The van der Waals surface area contributed by atoms with Gasteiger partial charge >= 0.3 is 0 Å². The molecule has 156 valence electrons. The second kappa shape index (κ2) is 10.1. The molecular formula is C23H26N4O2S. The van der Waals surface area contributed by atoms with Gasteiger partial charge in [-0.1, -0.05) is 53.7 Å². The molecule has 3 aromatic rings. The summed E-state index contributed by atoms with van der Waals surface area (Å²) in [7, 11) is 0. The first-order chi connectivity index (χ1) is 14.5. The number of nitrogens with zero attached hydrogens (tertiary/aromatic N) is 3. The molecule has 0 radical (unpaired) electrons. The van der Waals surface area contributed by atoms with E-state index in [1.807, 2.05) is 54.8 Å². The molecule has 3 rings (SSSR count). The van der Waals surface area contributed by atoms with Crippen molar-refractivity contribution < 1.29 is 9.53 Å². The molecule has 0 fully saturated rings. The van der Waals surface area contributed by atoms with Crippen molar-refractivity contribution in [2.75, 3.05) is 11.1 Å². The molecule has 0 unspecified atom stereocenters. The van der Waals surface area contributed by atoms with E-state index in [0.29, 0.717) is 24.1 Å². The Labute approximate surface area is 181 Å². The number of nitrogens with one attached hydrogen (secondary N) is 1. The predicted octanol–water partition coefficient (Wildman–Crippen LogP) is 4.70. The maximum absolute atomic E-state index is 12.4. The van der Waals surface area contributed by atoms with Crippen LogP contribution in [-0.4, -0.2) is 26.4 Å². The number of rotatable bonds is 9. The number of aryl methyl sites for hydroxylation is 3. The largest absolute Gasteiger partial charge is 0.485 e. The van der Waals surface area contributed by atoms with E-state index < -0.39 is 0 Å². The van der Waals surface area contributed by atoms with Crippen molar-refractivity contribution in [2.45, 2.75) is 39.1 Å². The third-order valence-corrected chi connectivity index (χ3v) is 5.51. The fourth-order valence-electron chi connectivity index (χ4n) is 2.98. The number of benzene rings is 2. The molecule has 0 spiro atoms. The number of para-hydroxylation sites is 1. The molecule has 0 saturated heterocycles. The van der Waals surface area contributed by atoms with Crippen LogP contribution < -0.4 is 10.1 Å². The van der Waals surface area contributed by atoms with Crippen LogP contribution in [-0.2, 0) is 17.9 Å². The van der Waals surface area contributed by atoms with E-state index >= 15 is 0 Å². The zero-order valence-corrected chi connectivity index (χ0v) is 18.3. The van der Waals surface area contributed by atoms with E-state index in [4.69, 9.17) is 4.74 Å². The summed E-state index contributed by atoms with van der Waals surface area (Å²) in [6.45, 7) is 10.7. The van der Waals surface area contributed by atoms with E-state index in [9.17, 15) is 4.79 Å². The van der Waals surface area contributed by atoms with Crippen molar-refractivity contribution in [1.29, 1.82) is 0 Å². The smallest absolute Gasteiger partial charge is 0.234 e. The Morgan fingerprint density at radius 3 is 2.70 bits per heavy atom. The zero-order chi connectivity index (χ0) is 21.5. The second-order valence-electron chi connectivity index (χ2n) is 7.01. The fraction of sp³-hybridized carbons (Fsp3) is 0.261. The molecule has 1 aromatic heterocycles. The SMILES string of the molecule is C=CCn1c(COc2ccc(C)cc2C)nnc1SCC(=O)Nc1ccccc1C. The van der Waals surface area contributed by atoms with Crippen molar-refractivity contribution in [3.63, 3.8) is 0 Å². The summed E-state index contributed by atoms with van der Waals surface area (Å²) in [5.74, 6) is 1.66. The van der Waals surface area contributed by atoms with Gasteiger partial charge in [-0.2, -0.15) is 0 Å². The van der Waals surface area contributed by atoms with E-state index in [-0.39, 0.29) is 11.7 Å². The Kier molecular flexibility index (Phi) is 7.30. The number of carbonyl (C=O) groups is 1. The van der Waals surface area contributed by atoms with Crippen LogP contribution in [0.3, 0.4) is 0 Å². The Hall–Kier alpha value is -3.06. The summed E-state index contributed by atoms with van der Waals surface area (Å²) in [6, 6.07) is 13.8. The van der Waals surface area contributed by atoms with Gasteiger partial charge in [-0.25, -0.2) is 0 Å². The number of ether oxygens (including phenoxy) is 1. The number of amides is 1. The van der Waals surface area contributed by atoms with Crippen LogP contribution in [0, 0.1) is 20.8 Å². The molecular weight excluding hydrogens is 396 g/mol. The van der Waals surface area contributed by atoms with E-state index in [0.717, 1.165) is 22.6 Å². The zero-order valence-electron chi connectivity index (χ0n) is 17.5. The number of aromatic nitrogens is 3. The monoisotopic (exact) mass is 422 g/mol. The van der Waals surface area contributed by atoms with Gasteiger partial charge < -0.3 is 10.1 Å². The van der Waals surface area contributed by atoms with Crippen LogP contribution in [0.15, 0.2) is 60.3 Å². The molecule has 0 aliphatic rings. The molecule has 0 aliphatic carbocycles. The van der Waals surface area contributed by atoms with Gasteiger partial charge in [0.15, 0.2) is 11.0 Å². The van der Waals surface area contributed by atoms with Gasteiger partial charge in [-0.15, -0.1) is 16.8 Å². The summed E-state index contributed by atoms with van der Waals surface area (Å²) in [5.41, 5.74) is 4.11. The average molecular weight is 423 g/mol. The van der Waals surface area contributed by atoms with Gasteiger partial charge in [-0.05, 0) is 44.0 Å². The second-order valence-corrected chi connectivity index (χ2v) is 7.95. The lowest BCUT2D eigenvalue weighted by Gasteiger charge is -2.11. The number of carbonyl (C=O) groups excluding carboxylic acids is 1. The third-order valence-electron chi connectivity index (χ3n) is 4.54. The lowest BCUT2D eigenvalue weighted by molar-refractivity contribution is -0.113. The molecule has 0 bridgehead atoms. The standard InChI is InChI=1S/C23H26N4O2S/c1-5-12-27-21(14-29-20-11-10-16(2)13-18(20)4)25-26-23(27)30-15-22(28)24-19-9-7-6-8-17(19)3/h5-11,13H,1,12,14-15H2,2-4H3,(H,24,28). The van der Waals surface area contributed by atoms with Crippen LogP contribution in [0.2, 0.25) is 0 Å². The highest BCUT2D eigenvalue weighted by Crippen LogP contribution is 2.22. The first kappa shape index (κ1) is 21.6. The Morgan fingerprint density at radius 1 is 1.17 bits per heavy atom. The van der Waals surface area contributed by atoms with E-state index in [1.54, 1.807) is 6.08 Å². The minimum Gasteiger partial charge on any atom is -0.485 e. The number of hydrogen-bond acceptors (Lipinski definition) is 5. The molecule has 0 aliphatic heterocycles. The van der Waals surface area contributed by atoms with Gasteiger partial charge in [0, 0.05) is 12.2 Å². The lowest BCUT2D eigenvalue weighted by Crippen LogP contribution is -2.15. The molecule has 6 nitrogen and oxygen atoms in total. The predicted molar refractivity (Wildman–Crippen MR) is 121 cm³/mol. The van der Waals surface area contributed by atoms with Crippen LogP contribution in [0.25, 0.3) is 0 Å². The maximum Gasteiger partial charge on any atom is 0.234 e. The average Bonchev–Trinajstić information content (AvgIpc) is 3.09. The molecule has 0 atom stereocenters. The van der Waals surface area contributed by atoms with Crippen molar-refractivity contribution in [3.8, 4) is 5.75 Å². The number of hydrogen-bond donors (Lipinski definition) is 1. The van der Waals surface area contributed by atoms with Gasteiger partial charge in [0.1, 0.15) is 12.4 Å². The molecule has 7 heteroatoms. The van der Waals surface area contributed by atoms with Crippen molar-refractivity contribution >= 4 is 23.4 Å². The highest BCUT2D eigenvalue weighted by atomic mass is 32.2. The van der Waals surface area contributed by atoms with Crippen LogP contribution in [0.5, 0.6) is 5.75 Å². The highest BCUT2D eigenvalue weighted by molar-refractivity contribution is 7.99. The minimum absolute atomic E-state index is 0.0875. The number of thioether (sulfide) groups is 1. The fourth-order valence-corrected chi connectivity index (χ4v) is 3.74. The quantitative estimate of drug-likeness (QED) is 0.400. The first-order valence-electron chi connectivity index (χ1n) is 9.69. The first-order valence-corrected chi connectivity index (χ1v) is 10.7. The molecule has 2 aromatic carbocycles. The number of allylic oxidation sites excluding steroid dienone is 1. The minimum atomic E-state index is -0.0875. The molecule has 1 amide bonds. The summed E-state index contributed by atoms with van der Waals surface area (Å²) in [5, 5.41) is 12.1. The topological polar surface area (TPSA) is 69.0 Å². The van der Waals surface area contributed by atoms with Crippen molar-refractivity contribution in [3.05, 3.63) is 77.6 Å². The highest BCUT2D eigenvalue weighted by Gasteiger charge is 2.15. The third kappa shape index (κ3) is 5.51.